The molecule has 1 fully saturated rings. The SMILES string of the molecule is CCCOCC1CCN(c2cc(C(C)C)ncn2)C1. The third-order valence-electron chi connectivity index (χ3n) is 3.58. The van der Waals surface area contributed by atoms with Crippen LogP contribution in [0.25, 0.3) is 0 Å². The molecule has 1 saturated heterocycles. The summed E-state index contributed by atoms with van der Waals surface area (Å²) in [5.74, 6) is 2.16. The van der Waals surface area contributed by atoms with Gasteiger partial charge in [0.05, 0.1) is 6.61 Å². The summed E-state index contributed by atoms with van der Waals surface area (Å²) in [6, 6.07) is 2.12. The Labute approximate surface area is 116 Å². The fourth-order valence-electron chi connectivity index (χ4n) is 2.42. The fourth-order valence-corrected chi connectivity index (χ4v) is 2.42. The molecule has 0 bridgehead atoms. The molecule has 1 aromatic heterocycles. The topological polar surface area (TPSA) is 38.2 Å². The van der Waals surface area contributed by atoms with Gasteiger partial charge < -0.3 is 9.64 Å². The van der Waals surface area contributed by atoms with E-state index in [9.17, 15) is 0 Å². The lowest BCUT2D eigenvalue weighted by Crippen LogP contribution is -2.22. The average molecular weight is 263 g/mol. The molecule has 0 amide bonds. The quantitative estimate of drug-likeness (QED) is 0.740. The first-order chi connectivity index (χ1) is 9.20. The molecule has 4 heteroatoms. The van der Waals surface area contributed by atoms with Gasteiger partial charge in [-0.15, -0.1) is 0 Å². The second-order valence-electron chi connectivity index (χ2n) is 5.63. The smallest absolute Gasteiger partial charge is 0.132 e. The number of nitrogens with zero attached hydrogens (tertiary/aromatic N) is 3. The van der Waals surface area contributed by atoms with Crippen LogP contribution in [0.3, 0.4) is 0 Å². The van der Waals surface area contributed by atoms with E-state index in [2.05, 4.69) is 41.7 Å². The number of rotatable bonds is 6. The maximum Gasteiger partial charge on any atom is 0.132 e. The summed E-state index contributed by atoms with van der Waals surface area (Å²) >= 11 is 0. The highest BCUT2D eigenvalue weighted by Gasteiger charge is 2.23. The first-order valence-electron chi connectivity index (χ1n) is 7.35. The molecule has 0 spiro atoms. The zero-order valence-corrected chi connectivity index (χ0v) is 12.3. The summed E-state index contributed by atoms with van der Waals surface area (Å²) in [6.45, 7) is 10.4. The summed E-state index contributed by atoms with van der Waals surface area (Å²) in [5, 5.41) is 0. The van der Waals surface area contributed by atoms with Crippen molar-refractivity contribution in [2.45, 2.75) is 39.5 Å². The molecule has 106 valence electrons. The molecule has 1 unspecified atom stereocenters. The second-order valence-corrected chi connectivity index (χ2v) is 5.63. The van der Waals surface area contributed by atoms with Crippen LogP contribution >= 0.6 is 0 Å². The van der Waals surface area contributed by atoms with E-state index < -0.39 is 0 Å². The van der Waals surface area contributed by atoms with Crippen molar-refractivity contribution >= 4 is 5.82 Å². The minimum Gasteiger partial charge on any atom is -0.381 e. The second kappa shape index (κ2) is 6.85. The van der Waals surface area contributed by atoms with Crippen molar-refractivity contribution in [1.82, 2.24) is 9.97 Å². The van der Waals surface area contributed by atoms with Gasteiger partial charge >= 0.3 is 0 Å². The van der Waals surface area contributed by atoms with Gasteiger partial charge in [0.25, 0.3) is 0 Å². The Kier molecular flexibility index (Phi) is 5.14. The van der Waals surface area contributed by atoms with Crippen molar-refractivity contribution in [2.24, 2.45) is 5.92 Å². The van der Waals surface area contributed by atoms with Gasteiger partial charge in [0.2, 0.25) is 0 Å². The van der Waals surface area contributed by atoms with Gasteiger partial charge in [-0.3, -0.25) is 0 Å². The van der Waals surface area contributed by atoms with E-state index >= 15 is 0 Å². The summed E-state index contributed by atoms with van der Waals surface area (Å²) in [4.78, 5) is 11.1. The normalized spacial score (nSPS) is 19.4. The van der Waals surface area contributed by atoms with Crippen LogP contribution in [0.1, 0.15) is 45.2 Å². The molecule has 1 atom stereocenters. The highest BCUT2D eigenvalue weighted by Crippen LogP contribution is 2.24. The van der Waals surface area contributed by atoms with Gasteiger partial charge in [0.1, 0.15) is 12.1 Å². The molecule has 2 rings (SSSR count). The average Bonchev–Trinajstić information content (AvgIpc) is 2.88. The van der Waals surface area contributed by atoms with Crippen LogP contribution in [0.15, 0.2) is 12.4 Å². The summed E-state index contributed by atoms with van der Waals surface area (Å²) < 4.78 is 5.65. The monoisotopic (exact) mass is 263 g/mol. The number of aromatic nitrogens is 2. The van der Waals surface area contributed by atoms with Crippen LogP contribution < -0.4 is 4.90 Å². The predicted molar refractivity (Wildman–Crippen MR) is 77.6 cm³/mol. The molecule has 0 N–H and O–H groups in total. The van der Waals surface area contributed by atoms with Gasteiger partial charge in [0.15, 0.2) is 0 Å². The predicted octanol–water partition coefficient (Wildman–Crippen LogP) is 2.85. The molecule has 2 heterocycles. The van der Waals surface area contributed by atoms with E-state index in [4.69, 9.17) is 4.74 Å². The Hall–Kier alpha value is -1.16. The summed E-state index contributed by atoms with van der Waals surface area (Å²) in [6.07, 6.45) is 3.98. The highest BCUT2D eigenvalue weighted by molar-refractivity contribution is 5.40. The number of hydrogen-bond donors (Lipinski definition) is 0. The van der Waals surface area contributed by atoms with Gasteiger partial charge in [0, 0.05) is 37.4 Å². The van der Waals surface area contributed by atoms with E-state index in [1.165, 1.54) is 6.42 Å². The number of anilines is 1. The van der Waals surface area contributed by atoms with Crippen LogP contribution in [0.5, 0.6) is 0 Å². The van der Waals surface area contributed by atoms with Crippen molar-refractivity contribution in [1.29, 1.82) is 0 Å². The lowest BCUT2D eigenvalue weighted by molar-refractivity contribution is 0.106. The zero-order valence-electron chi connectivity index (χ0n) is 12.3. The van der Waals surface area contributed by atoms with Crippen molar-refractivity contribution in [3.05, 3.63) is 18.1 Å². The minimum atomic E-state index is 0.452. The standard InChI is InChI=1S/C15H25N3O/c1-4-7-19-10-13-5-6-18(9-13)15-8-14(12(2)3)16-11-17-15/h8,11-13H,4-7,9-10H2,1-3H3. The number of hydrogen-bond acceptors (Lipinski definition) is 4. The Balaban J connectivity index is 1.91. The van der Waals surface area contributed by atoms with Crippen LogP contribution in [0.2, 0.25) is 0 Å². The van der Waals surface area contributed by atoms with Crippen molar-refractivity contribution in [2.75, 3.05) is 31.2 Å². The van der Waals surface area contributed by atoms with Crippen LogP contribution in [0.4, 0.5) is 5.82 Å². The van der Waals surface area contributed by atoms with Gasteiger partial charge in [-0.05, 0) is 18.8 Å². The Morgan fingerprint density at radius 3 is 3.00 bits per heavy atom. The van der Waals surface area contributed by atoms with Crippen molar-refractivity contribution < 1.29 is 4.74 Å². The van der Waals surface area contributed by atoms with E-state index in [-0.39, 0.29) is 0 Å². The lowest BCUT2D eigenvalue weighted by Gasteiger charge is -2.18. The van der Waals surface area contributed by atoms with Crippen LogP contribution in [0, 0.1) is 5.92 Å². The van der Waals surface area contributed by atoms with E-state index in [1.807, 2.05) is 0 Å². The third-order valence-corrected chi connectivity index (χ3v) is 3.58. The van der Waals surface area contributed by atoms with Crippen molar-refractivity contribution in [3.8, 4) is 0 Å². The fraction of sp³-hybridized carbons (Fsp3) is 0.733. The molecule has 4 nitrogen and oxygen atoms in total. The molecule has 0 saturated carbocycles. The third kappa shape index (κ3) is 3.90. The molecule has 1 aromatic rings. The van der Waals surface area contributed by atoms with E-state index in [0.29, 0.717) is 11.8 Å². The Morgan fingerprint density at radius 1 is 1.42 bits per heavy atom. The largest absolute Gasteiger partial charge is 0.381 e. The maximum atomic E-state index is 5.65. The summed E-state index contributed by atoms with van der Waals surface area (Å²) in [7, 11) is 0. The van der Waals surface area contributed by atoms with Gasteiger partial charge in [-0.1, -0.05) is 20.8 Å². The van der Waals surface area contributed by atoms with E-state index in [1.54, 1.807) is 6.33 Å². The summed E-state index contributed by atoms with van der Waals surface area (Å²) in [5.41, 5.74) is 1.12. The highest BCUT2D eigenvalue weighted by atomic mass is 16.5. The Morgan fingerprint density at radius 2 is 2.26 bits per heavy atom. The molecular formula is C15H25N3O. The van der Waals surface area contributed by atoms with Gasteiger partial charge in [-0.25, -0.2) is 9.97 Å². The molecule has 0 radical (unpaired) electrons. The molecule has 1 aliphatic heterocycles. The Bertz CT molecular complexity index is 395. The molecule has 0 aliphatic carbocycles. The van der Waals surface area contributed by atoms with Crippen LogP contribution in [-0.4, -0.2) is 36.3 Å². The first-order valence-corrected chi connectivity index (χ1v) is 7.35. The minimum absolute atomic E-state index is 0.452. The lowest BCUT2D eigenvalue weighted by atomic mass is 10.1. The van der Waals surface area contributed by atoms with E-state index in [0.717, 1.165) is 44.2 Å². The molecule has 0 aromatic carbocycles. The zero-order chi connectivity index (χ0) is 13.7. The maximum absolute atomic E-state index is 5.65. The van der Waals surface area contributed by atoms with Crippen LogP contribution in [-0.2, 0) is 4.74 Å². The molecule has 1 aliphatic rings. The van der Waals surface area contributed by atoms with Crippen molar-refractivity contribution in [3.63, 3.8) is 0 Å². The first kappa shape index (κ1) is 14.3. The number of ether oxygens (including phenoxy) is 1. The molecular weight excluding hydrogens is 238 g/mol. The molecule has 19 heavy (non-hydrogen) atoms. The van der Waals surface area contributed by atoms with Gasteiger partial charge in [-0.2, -0.15) is 0 Å².